The topological polar surface area (TPSA) is 21.3 Å². The molecular formula is C17H17BrFNO. The number of fused-ring (bicyclic) bond motifs is 1. The van der Waals surface area contributed by atoms with Crippen molar-refractivity contribution in [3.8, 4) is 5.75 Å². The minimum atomic E-state index is -0.247. The van der Waals surface area contributed by atoms with E-state index in [1.165, 1.54) is 23.3 Å². The highest BCUT2D eigenvalue weighted by Gasteiger charge is 2.23. The quantitative estimate of drug-likeness (QED) is 0.884. The second-order valence-electron chi connectivity index (χ2n) is 5.23. The molecule has 0 saturated heterocycles. The molecule has 0 heterocycles. The van der Waals surface area contributed by atoms with Crippen molar-refractivity contribution in [1.29, 1.82) is 0 Å². The maximum Gasteiger partial charge on any atom is 0.124 e. The molecule has 0 aromatic heterocycles. The largest absolute Gasteiger partial charge is 0.489 e. The molecule has 0 aliphatic heterocycles. The number of ether oxygens (including phenoxy) is 1. The van der Waals surface area contributed by atoms with Gasteiger partial charge in [0, 0.05) is 16.1 Å². The van der Waals surface area contributed by atoms with Crippen molar-refractivity contribution < 1.29 is 9.13 Å². The predicted octanol–water partition coefficient (Wildman–Crippen LogP) is 4.37. The van der Waals surface area contributed by atoms with Crippen LogP contribution in [0.1, 0.15) is 29.2 Å². The molecule has 1 N–H and O–H groups in total. The van der Waals surface area contributed by atoms with Gasteiger partial charge in [-0.05, 0) is 49.2 Å². The minimum absolute atomic E-state index is 0.247. The third kappa shape index (κ3) is 2.97. The van der Waals surface area contributed by atoms with Crippen molar-refractivity contribution in [2.24, 2.45) is 0 Å². The molecule has 0 amide bonds. The lowest BCUT2D eigenvalue weighted by atomic mass is 10.1. The van der Waals surface area contributed by atoms with E-state index >= 15 is 0 Å². The molecular weight excluding hydrogens is 333 g/mol. The van der Waals surface area contributed by atoms with E-state index in [1.807, 2.05) is 19.2 Å². The van der Waals surface area contributed by atoms with E-state index in [4.69, 9.17) is 4.74 Å². The normalized spacial score (nSPS) is 16.8. The zero-order valence-corrected chi connectivity index (χ0v) is 13.4. The first-order valence-corrected chi connectivity index (χ1v) is 7.84. The molecule has 2 aromatic rings. The molecule has 2 nitrogen and oxygen atoms in total. The molecule has 21 heavy (non-hydrogen) atoms. The van der Waals surface area contributed by atoms with Crippen LogP contribution in [0.15, 0.2) is 40.9 Å². The molecule has 110 valence electrons. The van der Waals surface area contributed by atoms with Crippen LogP contribution in [0, 0.1) is 5.82 Å². The van der Waals surface area contributed by atoms with Crippen molar-refractivity contribution in [1.82, 2.24) is 5.32 Å². The zero-order chi connectivity index (χ0) is 14.8. The zero-order valence-electron chi connectivity index (χ0n) is 11.8. The fraction of sp³-hybridized carbons (Fsp3) is 0.294. The molecule has 2 aromatic carbocycles. The summed E-state index contributed by atoms with van der Waals surface area (Å²) in [7, 11) is 1.99. The van der Waals surface area contributed by atoms with Gasteiger partial charge >= 0.3 is 0 Å². The molecule has 1 aliphatic rings. The molecule has 3 rings (SSSR count). The smallest absolute Gasteiger partial charge is 0.124 e. The van der Waals surface area contributed by atoms with Crippen molar-refractivity contribution in [2.45, 2.75) is 25.5 Å². The van der Waals surface area contributed by atoms with E-state index in [0.717, 1.165) is 28.6 Å². The standard InChI is InChI=1S/C17H17BrFNO/c1-20-16-8-7-14-13(16)3-2-4-17(14)21-10-11-5-6-12(19)9-15(11)18/h2-6,9,16,20H,7-8,10H2,1H3. The van der Waals surface area contributed by atoms with Gasteiger partial charge in [0.05, 0.1) is 0 Å². The minimum Gasteiger partial charge on any atom is -0.489 e. The Bertz CT molecular complexity index is 659. The SMILES string of the molecule is CNC1CCc2c(OCc3ccc(F)cc3Br)cccc21. The fourth-order valence-electron chi connectivity index (χ4n) is 2.85. The molecule has 1 aliphatic carbocycles. The van der Waals surface area contributed by atoms with Crippen LogP contribution < -0.4 is 10.1 Å². The van der Waals surface area contributed by atoms with Gasteiger partial charge in [-0.25, -0.2) is 4.39 Å². The first kappa shape index (κ1) is 14.5. The highest BCUT2D eigenvalue weighted by Crippen LogP contribution is 2.37. The summed E-state index contributed by atoms with van der Waals surface area (Å²) in [4.78, 5) is 0. The Morgan fingerprint density at radius 1 is 1.33 bits per heavy atom. The van der Waals surface area contributed by atoms with Crippen molar-refractivity contribution in [3.05, 3.63) is 63.4 Å². The molecule has 0 radical (unpaired) electrons. The Morgan fingerprint density at radius 2 is 2.19 bits per heavy atom. The average molecular weight is 350 g/mol. The van der Waals surface area contributed by atoms with Gasteiger partial charge in [0.2, 0.25) is 0 Å². The maximum absolute atomic E-state index is 13.1. The molecule has 0 bridgehead atoms. The van der Waals surface area contributed by atoms with E-state index in [-0.39, 0.29) is 5.82 Å². The lowest BCUT2D eigenvalue weighted by Gasteiger charge is -2.13. The summed E-state index contributed by atoms with van der Waals surface area (Å²) in [5.41, 5.74) is 3.56. The third-order valence-electron chi connectivity index (χ3n) is 3.97. The van der Waals surface area contributed by atoms with Gasteiger partial charge in [0.15, 0.2) is 0 Å². The van der Waals surface area contributed by atoms with Crippen LogP contribution in [0.25, 0.3) is 0 Å². The predicted molar refractivity (Wildman–Crippen MR) is 85.0 cm³/mol. The Hall–Kier alpha value is -1.39. The Morgan fingerprint density at radius 3 is 2.95 bits per heavy atom. The molecule has 0 saturated carbocycles. The first-order valence-electron chi connectivity index (χ1n) is 7.05. The number of benzene rings is 2. The Kier molecular flexibility index (Phi) is 4.27. The second-order valence-corrected chi connectivity index (χ2v) is 6.08. The van der Waals surface area contributed by atoms with Crippen molar-refractivity contribution >= 4 is 15.9 Å². The highest BCUT2D eigenvalue weighted by molar-refractivity contribution is 9.10. The number of rotatable bonds is 4. The number of hydrogen-bond donors (Lipinski definition) is 1. The lowest BCUT2D eigenvalue weighted by Crippen LogP contribution is -2.12. The van der Waals surface area contributed by atoms with Gasteiger partial charge in [0.1, 0.15) is 18.2 Å². The van der Waals surface area contributed by atoms with E-state index in [2.05, 4.69) is 27.3 Å². The van der Waals surface area contributed by atoms with Gasteiger partial charge in [-0.2, -0.15) is 0 Å². The van der Waals surface area contributed by atoms with Crippen LogP contribution >= 0.6 is 15.9 Å². The molecule has 1 unspecified atom stereocenters. The highest BCUT2D eigenvalue weighted by atomic mass is 79.9. The molecule has 0 fully saturated rings. The summed E-state index contributed by atoms with van der Waals surface area (Å²) in [5, 5.41) is 3.33. The van der Waals surface area contributed by atoms with Crippen LogP contribution in [0.3, 0.4) is 0 Å². The number of nitrogens with one attached hydrogen (secondary N) is 1. The van der Waals surface area contributed by atoms with Crippen molar-refractivity contribution in [3.63, 3.8) is 0 Å². The van der Waals surface area contributed by atoms with E-state index in [1.54, 1.807) is 6.07 Å². The van der Waals surface area contributed by atoms with E-state index in [0.29, 0.717) is 12.6 Å². The summed E-state index contributed by atoms with van der Waals surface area (Å²) in [6, 6.07) is 11.3. The van der Waals surface area contributed by atoms with Crippen molar-refractivity contribution in [2.75, 3.05) is 7.05 Å². The Labute approximate surface area is 132 Å². The van der Waals surface area contributed by atoms with Crippen LogP contribution in [-0.4, -0.2) is 7.05 Å². The van der Waals surface area contributed by atoms with E-state index < -0.39 is 0 Å². The monoisotopic (exact) mass is 349 g/mol. The van der Waals surface area contributed by atoms with Gasteiger partial charge < -0.3 is 10.1 Å². The second kappa shape index (κ2) is 6.16. The Balaban J connectivity index is 1.79. The van der Waals surface area contributed by atoms with Crippen LogP contribution in [0.2, 0.25) is 0 Å². The summed E-state index contributed by atoms with van der Waals surface area (Å²) in [6.07, 6.45) is 2.13. The number of hydrogen-bond acceptors (Lipinski definition) is 2. The molecule has 4 heteroatoms. The fourth-order valence-corrected chi connectivity index (χ4v) is 3.32. The average Bonchev–Trinajstić information content (AvgIpc) is 2.90. The van der Waals surface area contributed by atoms with Crippen LogP contribution in [-0.2, 0) is 13.0 Å². The summed E-state index contributed by atoms with van der Waals surface area (Å²) in [5.74, 6) is 0.685. The van der Waals surface area contributed by atoms with Crippen LogP contribution in [0.4, 0.5) is 4.39 Å². The maximum atomic E-state index is 13.1. The first-order chi connectivity index (χ1) is 10.2. The number of halogens is 2. The van der Waals surface area contributed by atoms with Gasteiger partial charge in [-0.1, -0.05) is 34.1 Å². The summed E-state index contributed by atoms with van der Waals surface area (Å²) in [6.45, 7) is 0.432. The van der Waals surface area contributed by atoms with E-state index in [9.17, 15) is 4.39 Å². The van der Waals surface area contributed by atoms with Crippen LogP contribution in [0.5, 0.6) is 5.75 Å². The van der Waals surface area contributed by atoms with Gasteiger partial charge in [0.25, 0.3) is 0 Å². The summed E-state index contributed by atoms with van der Waals surface area (Å²) < 4.78 is 19.8. The van der Waals surface area contributed by atoms with Gasteiger partial charge in [-0.15, -0.1) is 0 Å². The molecule has 0 spiro atoms. The van der Waals surface area contributed by atoms with Gasteiger partial charge in [-0.3, -0.25) is 0 Å². The lowest BCUT2D eigenvalue weighted by molar-refractivity contribution is 0.302. The summed E-state index contributed by atoms with van der Waals surface area (Å²) >= 11 is 3.37. The molecule has 1 atom stereocenters. The third-order valence-corrected chi connectivity index (χ3v) is 4.71.